The molecule has 7 heteroatoms. The Labute approximate surface area is 170 Å². The standard InChI is InChI=1S/C22H28N2O5/c1-3-7-17(24-21(26)18-19(29-18)22(27)28-4-2)20(25)23-13-14-10-11-15-8-5-6-9-16(15)12-14/h5-6,8-12,17-19,22,27H,3-4,7,13H2,1-2H3,(H,23,25)(H,24,26)/t17-,18?,19+,22?/m0/s1. The van der Waals surface area contributed by atoms with Crippen molar-refractivity contribution >= 4 is 22.6 Å². The van der Waals surface area contributed by atoms with Crippen LogP contribution >= 0.6 is 0 Å². The van der Waals surface area contributed by atoms with Gasteiger partial charge in [-0.15, -0.1) is 0 Å². The van der Waals surface area contributed by atoms with E-state index in [0.717, 1.165) is 22.8 Å². The van der Waals surface area contributed by atoms with Gasteiger partial charge in [-0.1, -0.05) is 49.7 Å². The number of epoxide rings is 1. The normalized spacial score (nSPS) is 20.1. The number of amides is 2. The Hall–Kier alpha value is -2.48. The molecule has 29 heavy (non-hydrogen) atoms. The second kappa shape index (κ2) is 9.82. The van der Waals surface area contributed by atoms with Gasteiger partial charge < -0.3 is 25.2 Å². The lowest BCUT2D eigenvalue weighted by Crippen LogP contribution is -2.48. The highest BCUT2D eigenvalue weighted by molar-refractivity contribution is 5.90. The van der Waals surface area contributed by atoms with Gasteiger partial charge in [0.15, 0.2) is 12.4 Å². The zero-order valence-corrected chi connectivity index (χ0v) is 16.8. The van der Waals surface area contributed by atoms with E-state index in [-0.39, 0.29) is 5.91 Å². The van der Waals surface area contributed by atoms with Crippen LogP contribution in [0.2, 0.25) is 0 Å². The number of rotatable bonds is 10. The summed E-state index contributed by atoms with van der Waals surface area (Å²) < 4.78 is 10.2. The maximum atomic E-state index is 12.6. The van der Waals surface area contributed by atoms with Crippen LogP contribution in [0.1, 0.15) is 32.3 Å². The van der Waals surface area contributed by atoms with E-state index in [1.54, 1.807) is 6.92 Å². The van der Waals surface area contributed by atoms with Gasteiger partial charge in [-0.3, -0.25) is 9.59 Å². The quantitative estimate of drug-likeness (QED) is 0.418. The predicted molar refractivity (Wildman–Crippen MR) is 109 cm³/mol. The van der Waals surface area contributed by atoms with Crippen molar-refractivity contribution < 1.29 is 24.2 Å². The smallest absolute Gasteiger partial charge is 0.252 e. The molecule has 1 aliphatic heterocycles. The van der Waals surface area contributed by atoms with Crippen LogP contribution in [0.4, 0.5) is 0 Å². The number of hydrogen-bond donors (Lipinski definition) is 3. The third-order valence-corrected chi connectivity index (χ3v) is 4.89. The largest absolute Gasteiger partial charge is 0.366 e. The van der Waals surface area contributed by atoms with Gasteiger partial charge in [0.2, 0.25) is 5.91 Å². The molecule has 2 aromatic carbocycles. The van der Waals surface area contributed by atoms with Crippen molar-refractivity contribution in [2.45, 2.75) is 57.8 Å². The molecule has 4 atom stereocenters. The minimum absolute atomic E-state index is 0.240. The monoisotopic (exact) mass is 400 g/mol. The molecule has 0 radical (unpaired) electrons. The molecular weight excluding hydrogens is 372 g/mol. The Morgan fingerprint density at radius 2 is 1.93 bits per heavy atom. The molecule has 3 N–H and O–H groups in total. The minimum Gasteiger partial charge on any atom is -0.366 e. The van der Waals surface area contributed by atoms with Crippen LogP contribution in [0.15, 0.2) is 42.5 Å². The summed E-state index contributed by atoms with van der Waals surface area (Å²) in [6.45, 7) is 4.40. The number of benzene rings is 2. The maximum absolute atomic E-state index is 12.6. The Morgan fingerprint density at radius 3 is 2.66 bits per heavy atom. The highest BCUT2D eigenvalue weighted by Crippen LogP contribution is 2.26. The summed E-state index contributed by atoms with van der Waals surface area (Å²) in [4.78, 5) is 25.0. The summed E-state index contributed by atoms with van der Waals surface area (Å²) in [5.74, 6) is -0.649. The van der Waals surface area contributed by atoms with Crippen LogP contribution in [0.3, 0.4) is 0 Å². The summed E-state index contributed by atoms with van der Waals surface area (Å²) in [6.07, 6.45) is -1.35. The molecule has 1 saturated heterocycles. The van der Waals surface area contributed by atoms with E-state index in [1.807, 2.05) is 49.4 Å². The number of carbonyl (C=O) groups is 2. The van der Waals surface area contributed by atoms with E-state index >= 15 is 0 Å². The average Bonchev–Trinajstić information content (AvgIpc) is 3.53. The van der Waals surface area contributed by atoms with Crippen LogP contribution < -0.4 is 10.6 Å². The molecular formula is C22H28N2O5. The summed E-state index contributed by atoms with van der Waals surface area (Å²) in [7, 11) is 0. The van der Waals surface area contributed by atoms with Crippen molar-refractivity contribution in [3.05, 3.63) is 48.0 Å². The topological polar surface area (TPSA) is 100 Å². The first-order valence-electron chi connectivity index (χ1n) is 10.0. The molecule has 0 aromatic heterocycles. The number of fused-ring (bicyclic) bond motifs is 1. The fourth-order valence-corrected chi connectivity index (χ4v) is 3.29. The van der Waals surface area contributed by atoms with Crippen LogP contribution in [0.25, 0.3) is 10.8 Å². The molecule has 2 unspecified atom stereocenters. The second-order valence-corrected chi connectivity index (χ2v) is 7.12. The molecule has 7 nitrogen and oxygen atoms in total. The molecule has 3 rings (SSSR count). The first kappa shape index (κ1) is 21.2. The van der Waals surface area contributed by atoms with Gasteiger partial charge >= 0.3 is 0 Å². The predicted octanol–water partition coefficient (Wildman–Crippen LogP) is 1.86. The molecule has 1 aliphatic rings. The molecule has 1 fully saturated rings. The van der Waals surface area contributed by atoms with Crippen molar-refractivity contribution in [1.82, 2.24) is 10.6 Å². The minimum atomic E-state index is -1.14. The number of aliphatic hydroxyl groups excluding tert-OH is 1. The van der Waals surface area contributed by atoms with Gasteiger partial charge in [0.25, 0.3) is 5.91 Å². The van der Waals surface area contributed by atoms with Gasteiger partial charge in [-0.2, -0.15) is 0 Å². The third kappa shape index (κ3) is 5.53. The summed E-state index contributed by atoms with van der Waals surface area (Å²) in [5.41, 5.74) is 0.990. The molecule has 0 spiro atoms. The highest BCUT2D eigenvalue weighted by atomic mass is 16.7. The highest BCUT2D eigenvalue weighted by Gasteiger charge is 2.50. The fraction of sp³-hybridized carbons (Fsp3) is 0.455. The Bertz CT molecular complexity index is 856. The van der Waals surface area contributed by atoms with Crippen LogP contribution in [-0.2, 0) is 25.6 Å². The van der Waals surface area contributed by atoms with Gasteiger partial charge in [0, 0.05) is 13.2 Å². The molecule has 0 bridgehead atoms. The number of aliphatic hydroxyl groups is 1. The summed E-state index contributed by atoms with van der Waals surface area (Å²) in [6, 6.07) is 13.4. The Kier molecular flexibility index (Phi) is 7.19. The molecule has 2 amide bonds. The van der Waals surface area contributed by atoms with E-state index in [1.165, 1.54) is 0 Å². The zero-order chi connectivity index (χ0) is 20.8. The van der Waals surface area contributed by atoms with Crippen molar-refractivity contribution in [3.8, 4) is 0 Å². The van der Waals surface area contributed by atoms with Crippen LogP contribution in [-0.4, -0.2) is 48.1 Å². The maximum Gasteiger partial charge on any atom is 0.252 e. The Morgan fingerprint density at radius 1 is 1.17 bits per heavy atom. The number of hydrogen-bond acceptors (Lipinski definition) is 5. The number of ether oxygens (including phenoxy) is 2. The van der Waals surface area contributed by atoms with Gasteiger partial charge in [0.1, 0.15) is 12.1 Å². The average molecular weight is 400 g/mol. The van der Waals surface area contributed by atoms with Crippen molar-refractivity contribution in [1.29, 1.82) is 0 Å². The number of carbonyl (C=O) groups excluding carboxylic acids is 2. The van der Waals surface area contributed by atoms with E-state index in [2.05, 4.69) is 10.6 Å². The van der Waals surface area contributed by atoms with Gasteiger partial charge in [0.05, 0.1) is 0 Å². The summed E-state index contributed by atoms with van der Waals surface area (Å²) >= 11 is 0. The SMILES string of the molecule is CCC[C@H](NC(=O)C1O[C@H]1C(O)OCC)C(=O)NCc1ccc2ccccc2c1. The molecule has 156 valence electrons. The van der Waals surface area contributed by atoms with E-state index in [0.29, 0.717) is 19.6 Å². The lowest BCUT2D eigenvalue weighted by molar-refractivity contribution is -0.130. The van der Waals surface area contributed by atoms with E-state index in [9.17, 15) is 14.7 Å². The lowest BCUT2D eigenvalue weighted by atomic mass is 10.1. The lowest BCUT2D eigenvalue weighted by Gasteiger charge is -2.18. The second-order valence-electron chi connectivity index (χ2n) is 7.12. The van der Waals surface area contributed by atoms with Crippen LogP contribution in [0, 0.1) is 0 Å². The van der Waals surface area contributed by atoms with Crippen LogP contribution in [0.5, 0.6) is 0 Å². The van der Waals surface area contributed by atoms with Gasteiger partial charge in [-0.25, -0.2) is 0 Å². The molecule has 0 aliphatic carbocycles. The first-order valence-corrected chi connectivity index (χ1v) is 10.0. The molecule has 0 saturated carbocycles. The zero-order valence-electron chi connectivity index (χ0n) is 16.8. The van der Waals surface area contributed by atoms with E-state index < -0.39 is 30.4 Å². The third-order valence-electron chi connectivity index (χ3n) is 4.89. The first-order chi connectivity index (χ1) is 14.0. The Balaban J connectivity index is 1.54. The van der Waals surface area contributed by atoms with Crippen molar-refractivity contribution in [2.24, 2.45) is 0 Å². The summed E-state index contributed by atoms with van der Waals surface area (Å²) in [5, 5.41) is 17.6. The van der Waals surface area contributed by atoms with Gasteiger partial charge in [-0.05, 0) is 35.7 Å². The fourth-order valence-electron chi connectivity index (χ4n) is 3.29. The van der Waals surface area contributed by atoms with E-state index in [4.69, 9.17) is 9.47 Å². The van der Waals surface area contributed by atoms with Crippen molar-refractivity contribution in [3.63, 3.8) is 0 Å². The van der Waals surface area contributed by atoms with Crippen molar-refractivity contribution in [2.75, 3.05) is 6.61 Å². The number of nitrogens with one attached hydrogen (secondary N) is 2. The molecule has 1 heterocycles. The molecule has 2 aromatic rings.